The lowest BCUT2D eigenvalue weighted by atomic mass is 10.2. The molecule has 0 saturated carbocycles. The van der Waals surface area contributed by atoms with Gasteiger partial charge in [0.25, 0.3) is 5.69 Å². The Balaban J connectivity index is 2.80. The third-order valence-corrected chi connectivity index (χ3v) is 3.29. The molecule has 1 rings (SSSR count). The first kappa shape index (κ1) is 16.3. The van der Waals surface area contributed by atoms with Crippen LogP contribution in [0.25, 0.3) is 0 Å². The lowest BCUT2D eigenvalue weighted by Crippen LogP contribution is -2.06. The zero-order valence-corrected chi connectivity index (χ0v) is 12.4. The van der Waals surface area contributed by atoms with Crippen LogP contribution in [0, 0.1) is 10.1 Å². The fraction of sp³-hybridized carbons (Fsp3) is 0.462. The number of nitrogens with zero attached hydrogens (tertiary/aromatic N) is 1. The first-order valence-electron chi connectivity index (χ1n) is 6.38. The number of carbonyl (C=O) groups is 1. The van der Waals surface area contributed by atoms with Crippen molar-refractivity contribution in [3.8, 4) is 0 Å². The van der Waals surface area contributed by atoms with Gasteiger partial charge in [-0.05, 0) is 19.4 Å². The standard InChI is InChI=1S/C13H18N2O4S/c1-3-5-14-10-6-11(15(17)18)8-12(7-10)20-9-13(16)19-4-2/h6-8,14H,3-5,9H2,1-2H3. The molecule has 7 heteroatoms. The molecule has 0 atom stereocenters. The van der Waals surface area contributed by atoms with E-state index in [4.69, 9.17) is 4.74 Å². The van der Waals surface area contributed by atoms with E-state index in [1.807, 2.05) is 6.92 Å². The van der Waals surface area contributed by atoms with Gasteiger partial charge in [0, 0.05) is 29.3 Å². The van der Waals surface area contributed by atoms with Crippen LogP contribution in [0.2, 0.25) is 0 Å². The molecular weight excluding hydrogens is 280 g/mol. The molecule has 0 spiro atoms. The molecule has 0 aliphatic carbocycles. The fourth-order valence-electron chi connectivity index (χ4n) is 1.49. The van der Waals surface area contributed by atoms with Crippen molar-refractivity contribution in [3.63, 3.8) is 0 Å². The number of esters is 1. The maximum absolute atomic E-state index is 11.3. The largest absolute Gasteiger partial charge is 0.465 e. The van der Waals surface area contributed by atoms with Crippen LogP contribution in [-0.2, 0) is 9.53 Å². The molecule has 1 N–H and O–H groups in total. The van der Waals surface area contributed by atoms with Gasteiger partial charge < -0.3 is 10.1 Å². The average Bonchev–Trinajstić information content (AvgIpc) is 2.43. The highest BCUT2D eigenvalue weighted by atomic mass is 32.2. The predicted molar refractivity (Wildman–Crippen MR) is 79.2 cm³/mol. The Labute approximate surface area is 122 Å². The first-order chi connectivity index (χ1) is 9.56. The number of benzene rings is 1. The van der Waals surface area contributed by atoms with Gasteiger partial charge in [0.05, 0.1) is 17.3 Å². The molecule has 0 aliphatic rings. The van der Waals surface area contributed by atoms with Gasteiger partial charge in [-0.1, -0.05) is 6.92 Å². The second kappa shape index (κ2) is 8.42. The van der Waals surface area contributed by atoms with E-state index in [1.54, 1.807) is 13.0 Å². The van der Waals surface area contributed by atoms with Crippen LogP contribution >= 0.6 is 11.8 Å². The fourth-order valence-corrected chi connectivity index (χ4v) is 2.27. The van der Waals surface area contributed by atoms with Crippen molar-refractivity contribution in [2.45, 2.75) is 25.2 Å². The Morgan fingerprint density at radius 3 is 2.75 bits per heavy atom. The molecule has 0 aliphatic heterocycles. The van der Waals surface area contributed by atoms with E-state index in [0.717, 1.165) is 13.0 Å². The van der Waals surface area contributed by atoms with E-state index in [0.29, 0.717) is 17.2 Å². The minimum Gasteiger partial charge on any atom is -0.465 e. The molecule has 6 nitrogen and oxygen atoms in total. The summed E-state index contributed by atoms with van der Waals surface area (Å²) in [6.07, 6.45) is 0.925. The van der Waals surface area contributed by atoms with Crippen molar-refractivity contribution < 1.29 is 14.5 Å². The maximum atomic E-state index is 11.3. The van der Waals surface area contributed by atoms with Gasteiger partial charge in [0.1, 0.15) is 0 Å². The summed E-state index contributed by atoms with van der Waals surface area (Å²) in [4.78, 5) is 22.4. The van der Waals surface area contributed by atoms with E-state index in [9.17, 15) is 14.9 Å². The summed E-state index contributed by atoms with van der Waals surface area (Å²) in [5.41, 5.74) is 0.699. The van der Waals surface area contributed by atoms with Crippen molar-refractivity contribution in [3.05, 3.63) is 28.3 Å². The van der Waals surface area contributed by atoms with Crippen LogP contribution in [0.4, 0.5) is 11.4 Å². The summed E-state index contributed by atoms with van der Waals surface area (Å²) in [7, 11) is 0. The van der Waals surface area contributed by atoms with Crippen molar-refractivity contribution in [1.29, 1.82) is 0 Å². The number of nitro benzene ring substituents is 1. The number of anilines is 1. The SMILES string of the molecule is CCCNc1cc(SCC(=O)OCC)cc([N+](=O)[O-])c1. The van der Waals surface area contributed by atoms with Gasteiger partial charge in [0.2, 0.25) is 0 Å². The molecule has 0 amide bonds. The van der Waals surface area contributed by atoms with Crippen LogP contribution < -0.4 is 5.32 Å². The molecule has 110 valence electrons. The number of rotatable bonds is 8. The zero-order valence-electron chi connectivity index (χ0n) is 11.5. The molecular formula is C13H18N2O4S. The highest BCUT2D eigenvalue weighted by Crippen LogP contribution is 2.28. The minimum atomic E-state index is -0.439. The van der Waals surface area contributed by atoms with E-state index in [1.165, 1.54) is 23.9 Å². The molecule has 0 bridgehead atoms. The highest BCUT2D eigenvalue weighted by Gasteiger charge is 2.11. The Morgan fingerprint density at radius 2 is 2.15 bits per heavy atom. The van der Waals surface area contributed by atoms with Gasteiger partial charge in [-0.15, -0.1) is 11.8 Å². The predicted octanol–water partition coefficient (Wildman–Crippen LogP) is 3.07. The number of hydrogen-bond donors (Lipinski definition) is 1. The number of nitro groups is 1. The van der Waals surface area contributed by atoms with Crippen molar-refractivity contribution in [1.82, 2.24) is 0 Å². The van der Waals surface area contributed by atoms with Crippen molar-refractivity contribution in [2.75, 3.05) is 24.2 Å². The van der Waals surface area contributed by atoms with Crippen molar-refractivity contribution >= 4 is 29.1 Å². The number of nitrogens with one attached hydrogen (secondary N) is 1. The van der Waals surface area contributed by atoms with E-state index < -0.39 is 4.92 Å². The topological polar surface area (TPSA) is 81.5 Å². The monoisotopic (exact) mass is 298 g/mol. The zero-order chi connectivity index (χ0) is 15.0. The van der Waals surface area contributed by atoms with Crippen LogP contribution in [0.15, 0.2) is 23.1 Å². The van der Waals surface area contributed by atoms with E-state index >= 15 is 0 Å². The summed E-state index contributed by atoms with van der Waals surface area (Å²) < 4.78 is 4.83. The summed E-state index contributed by atoms with van der Waals surface area (Å²) in [6.45, 7) is 4.82. The van der Waals surface area contributed by atoms with Gasteiger partial charge >= 0.3 is 5.97 Å². The highest BCUT2D eigenvalue weighted by molar-refractivity contribution is 8.00. The van der Waals surface area contributed by atoms with Crippen molar-refractivity contribution in [2.24, 2.45) is 0 Å². The maximum Gasteiger partial charge on any atom is 0.316 e. The minimum absolute atomic E-state index is 0.0115. The van der Waals surface area contributed by atoms with Crippen LogP contribution in [0.3, 0.4) is 0 Å². The summed E-state index contributed by atoms with van der Waals surface area (Å²) >= 11 is 1.23. The smallest absolute Gasteiger partial charge is 0.316 e. The van der Waals surface area contributed by atoms with Gasteiger partial charge in [-0.25, -0.2) is 0 Å². The number of carbonyl (C=O) groups excluding carboxylic acids is 1. The van der Waals surface area contributed by atoms with Gasteiger partial charge in [-0.2, -0.15) is 0 Å². The van der Waals surface area contributed by atoms with Gasteiger partial charge in [-0.3, -0.25) is 14.9 Å². The number of hydrogen-bond acceptors (Lipinski definition) is 6. The third-order valence-electron chi connectivity index (χ3n) is 2.34. The van der Waals surface area contributed by atoms with E-state index in [2.05, 4.69) is 5.32 Å². The van der Waals surface area contributed by atoms with Crippen LogP contribution in [0.1, 0.15) is 20.3 Å². The normalized spacial score (nSPS) is 10.1. The molecule has 0 heterocycles. The Morgan fingerprint density at radius 1 is 1.40 bits per heavy atom. The Bertz CT molecular complexity index is 479. The van der Waals surface area contributed by atoms with E-state index in [-0.39, 0.29) is 17.4 Å². The van der Waals surface area contributed by atoms with Crippen LogP contribution in [0.5, 0.6) is 0 Å². The second-order valence-electron chi connectivity index (χ2n) is 3.99. The number of ether oxygens (including phenoxy) is 1. The number of non-ortho nitro benzene ring substituents is 1. The second-order valence-corrected chi connectivity index (χ2v) is 5.04. The van der Waals surface area contributed by atoms with Crippen LogP contribution in [-0.4, -0.2) is 29.8 Å². The summed E-state index contributed by atoms with van der Waals surface area (Å²) in [6, 6.07) is 4.75. The molecule has 0 unspecified atom stereocenters. The molecule has 0 saturated heterocycles. The summed E-state index contributed by atoms with van der Waals surface area (Å²) in [5.74, 6) is -0.186. The Kier molecular flexibility index (Phi) is 6.86. The molecule has 1 aromatic rings. The Hall–Kier alpha value is -1.76. The number of thioether (sulfide) groups is 1. The quantitative estimate of drug-likeness (QED) is 0.344. The molecule has 0 fully saturated rings. The molecule has 1 aromatic carbocycles. The molecule has 0 aromatic heterocycles. The third kappa shape index (κ3) is 5.48. The summed E-state index contributed by atoms with van der Waals surface area (Å²) in [5, 5.41) is 14.0. The van der Waals surface area contributed by atoms with Gasteiger partial charge in [0.15, 0.2) is 0 Å². The molecule has 20 heavy (non-hydrogen) atoms. The first-order valence-corrected chi connectivity index (χ1v) is 7.37. The molecule has 0 radical (unpaired) electrons. The average molecular weight is 298 g/mol. The lowest BCUT2D eigenvalue weighted by Gasteiger charge is -2.07. The lowest BCUT2D eigenvalue weighted by molar-refractivity contribution is -0.385.